The van der Waals surface area contributed by atoms with E-state index >= 15 is 0 Å². The summed E-state index contributed by atoms with van der Waals surface area (Å²) in [4.78, 5) is 25.4. The average molecular weight is 603 g/mol. The van der Waals surface area contributed by atoms with Gasteiger partial charge in [-0.15, -0.1) is 0 Å². The summed E-state index contributed by atoms with van der Waals surface area (Å²) in [5.41, 5.74) is -3.90. The molecule has 11 heteroatoms. The van der Waals surface area contributed by atoms with Crippen molar-refractivity contribution in [3.8, 4) is 5.75 Å². The number of carbonyl (C=O) groups excluding carboxylic acids is 2. The van der Waals surface area contributed by atoms with E-state index in [1.54, 1.807) is 40.0 Å². The van der Waals surface area contributed by atoms with E-state index < -0.39 is 82.8 Å². The van der Waals surface area contributed by atoms with E-state index in [2.05, 4.69) is 0 Å². The van der Waals surface area contributed by atoms with Gasteiger partial charge in [0.05, 0.1) is 32.0 Å². The van der Waals surface area contributed by atoms with Crippen LogP contribution in [0.15, 0.2) is 35.4 Å². The van der Waals surface area contributed by atoms with Crippen molar-refractivity contribution in [1.29, 1.82) is 0 Å². The number of benzene rings is 1. The number of fused-ring (bicyclic) bond motifs is 4. The molecule has 11 nitrogen and oxygen atoms in total. The SMILES string of the molecule is COc1ccc(C2O[C@H]3C[C@H]4OC[C@@]4(OC(C)=O)[C@H]4[C@H](O)[C@]5(O)C[C@H](O)C(C)=C([C@H](OC(C)=O)[C@H](O2)[C@]34C)C5(C)C)cc1. The largest absolute Gasteiger partial charge is 0.497 e. The molecule has 4 fully saturated rings. The number of aliphatic hydroxyl groups is 3. The first-order chi connectivity index (χ1) is 20.1. The van der Waals surface area contributed by atoms with E-state index in [9.17, 15) is 24.9 Å². The first kappa shape index (κ1) is 30.5. The quantitative estimate of drug-likeness (QED) is 0.344. The zero-order valence-electron chi connectivity index (χ0n) is 25.7. The summed E-state index contributed by atoms with van der Waals surface area (Å²) in [5, 5.41) is 36.4. The molecule has 2 saturated carbocycles. The van der Waals surface area contributed by atoms with E-state index in [1.165, 1.54) is 13.8 Å². The number of ether oxygens (including phenoxy) is 6. The van der Waals surface area contributed by atoms with Crippen LogP contribution < -0.4 is 4.74 Å². The molecule has 2 aliphatic heterocycles. The van der Waals surface area contributed by atoms with Crippen molar-refractivity contribution in [3.05, 3.63) is 41.0 Å². The Hall–Kier alpha value is -2.54. The number of esters is 2. The molecule has 3 aliphatic carbocycles. The van der Waals surface area contributed by atoms with Crippen LogP contribution in [0.5, 0.6) is 5.75 Å². The van der Waals surface area contributed by atoms with Gasteiger partial charge in [-0.1, -0.05) is 32.9 Å². The van der Waals surface area contributed by atoms with Crippen molar-refractivity contribution >= 4 is 11.9 Å². The lowest BCUT2D eigenvalue weighted by Crippen LogP contribution is -2.83. The number of rotatable bonds is 4. The molecule has 1 aromatic rings. The van der Waals surface area contributed by atoms with Crippen molar-refractivity contribution in [3.63, 3.8) is 0 Å². The summed E-state index contributed by atoms with van der Waals surface area (Å²) in [6.07, 6.45) is -6.74. The fourth-order valence-electron chi connectivity index (χ4n) is 8.88. The highest BCUT2D eigenvalue weighted by Gasteiger charge is 2.78. The van der Waals surface area contributed by atoms with Gasteiger partial charge in [-0.25, -0.2) is 0 Å². The molecule has 5 aliphatic rings. The lowest BCUT2D eigenvalue weighted by atomic mass is 9.44. The van der Waals surface area contributed by atoms with Crippen molar-refractivity contribution in [1.82, 2.24) is 0 Å². The van der Waals surface area contributed by atoms with Crippen LogP contribution in [0.2, 0.25) is 0 Å². The molecule has 236 valence electrons. The highest BCUT2D eigenvalue weighted by atomic mass is 16.7. The minimum Gasteiger partial charge on any atom is -0.497 e. The molecular formula is C32H42O11. The molecule has 2 bridgehead atoms. The standard InChI is InChI=1S/C32H42O11/c1-15-20(35)13-32(37)26(36)25-30(6)21(12-22-31(25,14-39-22)43-17(3)34)41-28(18-8-10-19(38-7)11-9-18)42-27(30)24(40-16(2)33)23(15)29(32,4)5/h8-11,20-22,24-28,35-37H,12-14H2,1-7H3/t20-,21-,22+,24-,25-,26-,27-,28?,30+,31-,32+/m0/s1. The predicted octanol–water partition coefficient (Wildman–Crippen LogP) is 2.35. The van der Waals surface area contributed by atoms with Gasteiger partial charge in [0.15, 0.2) is 18.0 Å². The number of aliphatic hydroxyl groups excluding tert-OH is 2. The third kappa shape index (κ3) is 4.08. The number of hydrogen-bond donors (Lipinski definition) is 3. The van der Waals surface area contributed by atoms with Crippen LogP contribution in [0.3, 0.4) is 0 Å². The maximum atomic E-state index is 12.8. The van der Waals surface area contributed by atoms with Gasteiger partial charge in [0.25, 0.3) is 0 Å². The van der Waals surface area contributed by atoms with Gasteiger partial charge in [0, 0.05) is 49.0 Å². The molecular weight excluding hydrogens is 560 g/mol. The van der Waals surface area contributed by atoms with Crippen LogP contribution in [0.4, 0.5) is 0 Å². The van der Waals surface area contributed by atoms with Crippen molar-refractivity contribution in [2.24, 2.45) is 16.7 Å². The minimum atomic E-state index is -1.92. The highest BCUT2D eigenvalue weighted by Crippen LogP contribution is 2.67. The molecule has 1 unspecified atom stereocenters. The van der Waals surface area contributed by atoms with Gasteiger partial charge < -0.3 is 43.7 Å². The molecule has 6 rings (SSSR count). The Morgan fingerprint density at radius 2 is 1.67 bits per heavy atom. The van der Waals surface area contributed by atoms with Crippen LogP contribution in [0.25, 0.3) is 0 Å². The van der Waals surface area contributed by atoms with Crippen LogP contribution in [-0.2, 0) is 33.3 Å². The number of methoxy groups -OCH3 is 1. The predicted molar refractivity (Wildman–Crippen MR) is 150 cm³/mol. The molecule has 0 radical (unpaired) electrons. The molecule has 0 aromatic heterocycles. The molecule has 11 atom stereocenters. The Morgan fingerprint density at radius 3 is 2.23 bits per heavy atom. The zero-order chi connectivity index (χ0) is 31.3. The van der Waals surface area contributed by atoms with Gasteiger partial charge in [0.1, 0.15) is 23.6 Å². The fourth-order valence-corrected chi connectivity index (χ4v) is 8.88. The van der Waals surface area contributed by atoms with E-state index in [0.717, 1.165) is 0 Å². The van der Waals surface area contributed by atoms with Gasteiger partial charge in [-0.2, -0.15) is 0 Å². The van der Waals surface area contributed by atoms with Crippen LogP contribution >= 0.6 is 0 Å². The normalized spacial score (nSPS) is 44.5. The monoisotopic (exact) mass is 602 g/mol. The number of hydrogen-bond acceptors (Lipinski definition) is 11. The molecule has 43 heavy (non-hydrogen) atoms. The van der Waals surface area contributed by atoms with Crippen molar-refractivity contribution < 1.29 is 53.3 Å². The molecule has 0 amide bonds. The lowest BCUT2D eigenvalue weighted by Gasteiger charge is -2.71. The third-order valence-corrected chi connectivity index (χ3v) is 11.1. The minimum absolute atomic E-state index is 0.00503. The first-order valence-electron chi connectivity index (χ1n) is 14.8. The van der Waals surface area contributed by atoms with Gasteiger partial charge in [0.2, 0.25) is 0 Å². The zero-order valence-corrected chi connectivity index (χ0v) is 25.7. The maximum absolute atomic E-state index is 12.8. The lowest BCUT2D eigenvalue weighted by molar-refractivity contribution is -0.414. The van der Waals surface area contributed by atoms with Crippen LogP contribution in [0.1, 0.15) is 66.2 Å². The third-order valence-electron chi connectivity index (χ3n) is 11.1. The molecule has 2 heterocycles. The first-order valence-corrected chi connectivity index (χ1v) is 14.8. The second kappa shape index (κ2) is 9.98. The van der Waals surface area contributed by atoms with E-state index in [4.69, 9.17) is 28.4 Å². The Labute approximate surface area is 251 Å². The number of carbonyl (C=O) groups is 2. The van der Waals surface area contributed by atoms with Crippen molar-refractivity contribution in [2.45, 2.75) is 108 Å². The summed E-state index contributed by atoms with van der Waals surface area (Å²) in [7, 11) is 1.57. The summed E-state index contributed by atoms with van der Waals surface area (Å²) < 4.78 is 37.0. The van der Waals surface area contributed by atoms with E-state index in [0.29, 0.717) is 28.9 Å². The Morgan fingerprint density at radius 1 is 1.00 bits per heavy atom. The Bertz CT molecular complexity index is 1340. The van der Waals surface area contributed by atoms with Crippen molar-refractivity contribution in [2.75, 3.05) is 13.7 Å². The summed E-state index contributed by atoms with van der Waals surface area (Å²) >= 11 is 0. The second-order valence-electron chi connectivity index (χ2n) is 13.6. The van der Waals surface area contributed by atoms with Gasteiger partial charge in [-0.05, 0) is 30.2 Å². The van der Waals surface area contributed by atoms with E-state index in [1.807, 2.05) is 19.1 Å². The highest BCUT2D eigenvalue weighted by molar-refractivity contribution is 5.67. The molecule has 1 aromatic carbocycles. The topological polar surface area (TPSA) is 150 Å². The van der Waals surface area contributed by atoms with E-state index in [-0.39, 0.29) is 13.0 Å². The average Bonchev–Trinajstić information content (AvgIpc) is 2.92. The molecule has 3 N–H and O–H groups in total. The van der Waals surface area contributed by atoms with Gasteiger partial charge >= 0.3 is 11.9 Å². The summed E-state index contributed by atoms with van der Waals surface area (Å²) in [5.74, 6) is -1.47. The Balaban J connectivity index is 1.61. The molecule has 0 spiro atoms. The molecule has 2 saturated heterocycles. The maximum Gasteiger partial charge on any atom is 0.303 e. The Kier molecular flexibility index (Phi) is 7.08. The summed E-state index contributed by atoms with van der Waals surface area (Å²) in [6, 6.07) is 7.23. The van der Waals surface area contributed by atoms with Crippen LogP contribution in [-0.4, -0.2) is 88.8 Å². The van der Waals surface area contributed by atoms with Gasteiger partial charge in [-0.3, -0.25) is 9.59 Å². The smallest absolute Gasteiger partial charge is 0.303 e. The van der Waals surface area contributed by atoms with Crippen LogP contribution in [0, 0.1) is 16.7 Å². The summed E-state index contributed by atoms with van der Waals surface area (Å²) in [6.45, 7) is 9.77. The fraction of sp³-hybridized carbons (Fsp3) is 0.688. The second-order valence-corrected chi connectivity index (χ2v) is 13.6.